The molecule has 0 amide bonds. The number of ether oxygens (including phenoxy) is 1. The zero-order valence-corrected chi connectivity index (χ0v) is 11.7. The zero-order chi connectivity index (χ0) is 12.3. The number of hydrogen-bond acceptors (Lipinski definition) is 3. The minimum atomic E-state index is 0.295. The summed E-state index contributed by atoms with van der Waals surface area (Å²) in [5, 5.41) is 3.66. The van der Waals surface area contributed by atoms with Gasteiger partial charge in [0.1, 0.15) is 0 Å². The molecule has 0 aromatic carbocycles. The van der Waals surface area contributed by atoms with Gasteiger partial charge < -0.3 is 10.1 Å². The van der Waals surface area contributed by atoms with Gasteiger partial charge in [0.2, 0.25) is 0 Å². The maximum absolute atomic E-state index is 5.75. The van der Waals surface area contributed by atoms with E-state index in [1.807, 2.05) is 0 Å². The Morgan fingerprint density at radius 2 is 2.18 bits per heavy atom. The number of nitrogens with zero attached hydrogens (tertiary/aromatic N) is 1. The Morgan fingerprint density at radius 3 is 2.82 bits per heavy atom. The van der Waals surface area contributed by atoms with E-state index >= 15 is 0 Å². The van der Waals surface area contributed by atoms with Crippen LogP contribution >= 0.6 is 0 Å². The third-order valence-electron chi connectivity index (χ3n) is 4.35. The van der Waals surface area contributed by atoms with Crippen molar-refractivity contribution in [3.05, 3.63) is 0 Å². The Labute approximate surface area is 106 Å². The van der Waals surface area contributed by atoms with E-state index in [2.05, 4.69) is 31.0 Å². The Balaban J connectivity index is 1.69. The van der Waals surface area contributed by atoms with Gasteiger partial charge in [0.05, 0.1) is 6.61 Å². The lowest BCUT2D eigenvalue weighted by Gasteiger charge is -2.45. The lowest BCUT2D eigenvalue weighted by molar-refractivity contribution is 0.0464. The third kappa shape index (κ3) is 3.94. The van der Waals surface area contributed by atoms with Crippen molar-refractivity contribution in [2.75, 3.05) is 32.8 Å². The number of hydrogen-bond donors (Lipinski definition) is 1. The van der Waals surface area contributed by atoms with E-state index in [1.54, 1.807) is 0 Å². The van der Waals surface area contributed by atoms with Gasteiger partial charge in [0.15, 0.2) is 0 Å². The average molecular weight is 240 g/mol. The molecule has 2 fully saturated rings. The van der Waals surface area contributed by atoms with E-state index in [9.17, 15) is 0 Å². The molecule has 1 saturated carbocycles. The molecule has 1 N–H and O–H groups in total. The minimum Gasteiger partial charge on any atom is -0.380 e. The van der Waals surface area contributed by atoms with Crippen molar-refractivity contribution < 1.29 is 4.74 Å². The monoisotopic (exact) mass is 240 g/mol. The second-order valence-corrected chi connectivity index (χ2v) is 6.13. The molecule has 2 unspecified atom stereocenters. The molecule has 1 saturated heterocycles. The standard InChI is InChI=1S/C14H28N2O/c1-4-14(3)11-16(12(2)9-15-14)7-8-17-10-13-5-6-13/h12-13,15H,4-11H2,1-3H3. The van der Waals surface area contributed by atoms with E-state index < -0.39 is 0 Å². The van der Waals surface area contributed by atoms with Crippen molar-refractivity contribution in [2.45, 2.75) is 51.6 Å². The summed E-state index contributed by atoms with van der Waals surface area (Å²) in [6.45, 7) is 12.1. The van der Waals surface area contributed by atoms with Crippen molar-refractivity contribution in [3.8, 4) is 0 Å². The summed E-state index contributed by atoms with van der Waals surface area (Å²) in [6.07, 6.45) is 3.97. The highest BCUT2D eigenvalue weighted by molar-refractivity contribution is 4.92. The molecule has 2 atom stereocenters. The Morgan fingerprint density at radius 1 is 1.41 bits per heavy atom. The molecular weight excluding hydrogens is 212 g/mol. The van der Waals surface area contributed by atoms with E-state index in [0.717, 1.165) is 38.8 Å². The van der Waals surface area contributed by atoms with Gasteiger partial charge in [0, 0.05) is 37.8 Å². The quantitative estimate of drug-likeness (QED) is 0.717. The number of piperazine rings is 1. The summed E-state index contributed by atoms with van der Waals surface area (Å²) in [5.41, 5.74) is 0.295. The van der Waals surface area contributed by atoms with Crippen LogP contribution in [0.5, 0.6) is 0 Å². The van der Waals surface area contributed by atoms with Crippen LogP contribution in [0.4, 0.5) is 0 Å². The van der Waals surface area contributed by atoms with Gasteiger partial charge in [-0.05, 0) is 39.0 Å². The summed E-state index contributed by atoms with van der Waals surface area (Å²) in [4.78, 5) is 2.58. The normalized spacial score (nSPS) is 35.1. The molecule has 1 aliphatic heterocycles. The predicted molar refractivity (Wildman–Crippen MR) is 71.3 cm³/mol. The first-order valence-corrected chi connectivity index (χ1v) is 7.20. The van der Waals surface area contributed by atoms with Gasteiger partial charge in [-0.2, -0.15) is 0 Å². The van der Waals surface area contributed by atoms with Crippen molar-refractivity contribution >= 4 is 0 Å². The molecule has 1 aliphatic carbocycles. The number of nitrogens with one attached hydrogen (secondary N) is 1. The maximum Gasteiger partial charge on any atom is 0.0593 e. The van der Waals surface area contributed by atoms with Gasteiger partial charge in [-0.15, -0.1) is 0 Å². The molecule has 100 valence electrons. The second-order valence-electron chi connectivity index (χ2n) is 6.13. The van der Waals surface area contributed by atoms with Crippen LogP contribution in [0.25, 0.3) is 0 Å². The highest BCUT2D eigenvalue weighted by Gasteiger charge is 2.32. The Hall–Kier alpha value is -0.120. The van der Waals surface area contributed by atoms with Crippen molar-refractivity contribution in [2.24, 2.45) is 5.92 Å². The van der Waals surface area contributed by atoms with E-state index in [0.29, 0.717) is 11.6 Å². The predicted octanol–water partition coefficient (Wildman–Crippen LogP) is 1.88. The van der Waals surface area contributed by atoms with Crippen molar-refractivity contribution in [1.82, 2.24) is 10.2 Å². The molecule has 17 heavy (non-hydrogen) atoms. The fourth-order valence-electron chi connectivity index (χ4n) is 2.44. The molecule has 3 nitrogen and oxygen atoms in total. The lowest BCUT2D eigenvalue weighted by atomic mass is 9.94. The van der Waals surface area contributed by atoms with Crippen LogP contribution in [0.15, 0.2) is 0 Å². The van der Waals surface area contributed by atoms with Crippen molar-refractivity contribution in [3.63, 3.8) is 0 Å². The molecule has 0 bridgehead atoms. The van der Waals surface area contributed by atoms with Gasteiger partial charge in [-0.3, -0.25) is 4.90 Å². The highest BCUT2D eigenvalue weighted by Crippen LogP contribution is 2.28. The fraction of sp³-hybridized carbons (Fsp3) is 1.00. The van der Waals surface area contributed by atoms with E-state index in [-0.39, 0.29) is 0 Å². The lowest BCUT2D eigenvalue weighted by Crippen LogP contribution is -2.62. The largest absolute Gasteiger partial charge is 0.380 e. The molecule has 0 radical (unpaired) electrons. The first-order chi connectivity index (χ1) is 8.13. The van der Waals surface area contributed by atoms with Gasteiger partial charge in [0.25, 0.3) is 0 Å². The Bertz CT molecular complexity index is 242. The summed E-state index contributed by atoms with van der Waals surface area (Å²) >= 11 is 0. The van der Waals surface area contributed by atoms with Crippen LogP contribution in [-0.2, 0) is 4.74 Å². The highest BCUT2D eigenvalue weighted by atomic mass is 16.5. The molecule has 0 spiro atoms. The van der Waals surface area contributed by atoms with Gasteiger partial charge in [-0.25, -0.2) is 0 Å². The topological polar surface area (TPSA) is 24.5 Å². The molecule has 2 rings (SSSR count). The van der Waals surface area contributed by atoms with Crippen LogP contribution in [0.1, 0.15) is 40.0 Å². The zero-order valence-electron chi connectivity index (χ0n) is 11.7. The summed E-state index contributed by atoms with van der Waals surface area (Å²) in [6, 6.07) is 0.638. The molecule has 2 aliphatic rings. The number of rotatable bonds is 6. The molecule has 3 heteroatoms. The first-order valence-electron chi connectivity index (χ1n) is 7.20. The smallest absolute Gasteiger partial charge is 0.0593 e. The Kier molecular flexibility index (Phi) is 4.45. The molecule has 0 aromatic heterocycles. The van der Waals surface area contributed by atoms with Crippen LogP contribution < -0.4 is 5.32 Å². The van der Waals surface area contributed by atoms with Crippen LogP contribution in [0, 0.1) is 5.92 Å². The van der Waals surface area contributed by atoms with E-state index in [1.165, 1.54) is 19.3 Å². The van der Waals surface area contributed by atoms with Crippen LogP contribution in [-0.4, -0.2) is 49.3 Å². The van der Waals surface area contributed by atoms with Crippen LogP contribution in [0.3, 0.4) is 0 Å². The maximum atomic E-state index is 5.75. The summed E-state index contributed by atoms with van der Waals surface area (Å²) in [7, 11) is 0. The summed E-state index contributed by atoms with van der Waals surface area (Å²) in [5.74, 6) is 0.886. The summed E-state index contributed by atoms with van der Waals surface area (Å²) < 4.78 is 5.75. The minimum absolute atomic E-state index is 0.295. The molecule has 0 aromatic rings. The first kappa shape index (κ1) is 13.3. The molecule has 1 heterocycles. The van der Waals surface area contributed by atoms with Gasteiger partial charge >= 0.3 is 0 Å². The SMILES string of the molecule is CCC1(C)CN(CCOCC2CC2)C(C)CN1. The van der Waals surface area contributed by atoms with Crippen LogP contribution in [0.2, 0.25) is 0 Å². The van der Waals surface area contributed by atoms with Gasteiger partial charge in [-0.1, -0.05) is 6.92 Å². The second kappa shape index (κ2) is 5.68. The van der Waals surface area contributed by atoms with E-state index in [4.69, 9.17) is 4.74 Å². The third-order valence-corrected chi connectivity index (χ3v) is 4.35. The molecular formula is C14H28N2O. The fourth-order valence-corrected chi connectivity index (χ4v) is 2.44. The average Bonchev–Trinajstić information content (AvgIpc) is 3.13. The van der Waals surface area contributed by atoms with Crippen molar-refractivity contribution in [1.29, 1.82) is 0 Å².